The molecule has 0 fully saturated rings. The fourth-order valence-electron chi connectivity index (χ4n) is 2.94. The van der Waals surface area contributed by atoms with Gasteiger partial charge in [0.2, 0.25) is 0 Å². The molecular formula is C22H29IN6O. The van der Waals surface area contributed by atoms with Crippen molar-refractivity contribution in [3.63, 3.8) is 0 Å². The standard InChI is InChI=1S/C22H28N6O.HI/c1-17(19-9-4-3-5-10-19)29-13-7-12-24-22(23-2)25-15-18-8-6-11-20(14-18)21-26-16-27-28-21;/h3-6,8-11,14,16-17H,7,12-13,15H2,1-2H3,(H2,23,24,25)(H,26,27,28);1H. The minimum Gasteiger partial charge on any atom is -0.374 e. The minimum atomic E-state index is 0. The minimum absolute atomic E-state index is 0. The Balaban J connectivity index is 0.00000320. The molecular weight excluding hydrogens is 491 g/mol. The Morgan fingerprint density at radius 2 is 1.97 bits per heavy atom. The average Bonchev–Trinajstić information content (AvgIpc) is 3.31. The third-order valence-electron chi connectivity index (χ3n) is 4.55. The molecule has 3 aromatic rings. The first-order valence-corrected chi connectivity index (χ1v) is 9.82. The van der Waals surface area contributed by atoms with Gasteiger partial charge in [0.25, 0.3) is 0 Å². The van der Waals surface area contributed by atoms with Crippen LogP contribution in [0.5, 0.6) is 0 Å². The van der Waals surface area contributed by atoms with Gasteiger partial charge in [-0.2, -0.15) is 5.10 Å². The molecule has 0 aliphatic rings. The first kappa shape index (κ1) is 23.8. The monoisotopic (exact) mass is 520 g/mol. The summed E-state index contributed by atoms with van der Waals surface area (Å²) in [5.74, 6) is 1.53. The summed E-state index contributed by atoms with van der Waals surface area (Å²) in [6.07, 6.45) is 2.51. The van der Waals surface area contributed by atoms with Crippen LogP contribution >= 0.6 is 24.0 Å². The summed E-state index contributed by atoms with van der Waals surface area (Å²) >= 11 is 0. The van der Waals surface area contributed by atoms with Gasteiger partial charge >= 0.3 is 0 Å². The molecule has 0 spiro atoms. The van der Waals surface area contributed by atoms with E-state index in [1.165, 1.54) is 11.9 Å². The lowest BCUT2D eigenvalue weighted by atomic mass is 10.1. The number of nitrogens with zero attached hydrogens (tertiary/aromatic N) is 3. The summed E-state index contributed by atoms with van der Waals surface area (Å²) < 4.78 is 5.91. The van der Waals surface area contributed by atoms with Gasteiger partial charge in [-0.1, -0.05) is 48.5 Å². The predicted octanol–water partition coefficient (Wildman–Crippen LogP) is 3.92. The van der Waals surface area contributed by atoms with Gasteiger partial charge in [0.05, 0.1) is 6.10 Å². The fourth-order valence-corrected chi connectivity index (χ4v) is 2.94. The van der Waals surface area contributed by atoms with E-state index in [2.05, 4.69) is 62.0 Å². The van der Waals surface area contributed by atoms with E-state index in [1.54, 1.807) is 7.05 Å². The van der Waals surface area contributed by atoms with Crippen LogP contribution in [0, 0.1) is 0 Å². The maximum absolute atomic E-state index is 5.91. The van der Waals surface area contributed by atoms with Crippen LogP contribution in [0.3, 0.4) is 0 Å². The van der Waals surface area contributed by atoms with Gasteiger partial charge in [0.1, 0.15) is 6.33 Å². The zero-order chi connectivity index (χ0) is 20.3. The summed E-state index contributed by atoms with van der Waals surface area (Å²) in [6, 6.07) is 18.4. The van der Waals surface area contributed by atoms with Crippen LogP contribution in [-0.4, -0.2) is 41.3 Å². The molecule has 1 heterocycles. The molecule has 2 aromatic carbocycles. The molecule has 0 saturated carbocycles. The van der Waals surface area contributed by atoms with Crippen molar-refractivity contribution in [3.05, 3.63) is 72.1 Å². The van der Waals surface area contributed by atoms with E-state index in [9.17, 15) is 0 Å². The van der Waals surface area contributed by atoms with Gasteiger partial charge < -0.3 is 15.4 Å². The lowest BCUT2D eigenvalue weighted by molar-refractivity contribution is 0.0646. The molecule has 7 nitrogen and oxygen atoms in total. The Kier molecular flexibility index (Phi) is 10.3. The Labute approximate surface area is 194 Å². The first-order valence-electron chi connectivity index (χ1n) is 9.82. The summed E-state index contributed by atoms with van der Waals surface area (Å²) in [4.78, 5) is 8.47. The Bertz CT molecular complexity index is 886. The van der Waals surface area contributed by atoms with Gasteiger partial charge in [0.15, 0.2) is 11.8 Å². The second kappa shape index (κ2) is 13.0. The second-order valence-corrected chi connectivity index (χ2v) is 6.66. The molecule has 1 unspecified atom stereocenters. The molecule has 160 valence electrons. The smallest absolute Gasteiger partial charge is 0.191 e. The summed E-state index contributed by atoms with van der Waals surface area (Å²) in [6.45, 7) is 4.23. The summed E-state index contributed by atoms with van der Waals surface area (Å²) in [5, 5.41) is 13.4. The van der Waals surface area contributed by atoms with E-state index in [-0.39, 0.29) is 30.1 Å². The van der Waals surface area contributed by atoms with Crippen molar-refractivity contribution >= 4 is 29.9 Å². The highest BCUT2D eigenvalue weighted by atomic mass is 127. The van der Waals surface area contributed by atoms with Crippen LogP contribution in [0.4, 0.5) is 0 Å². The van der Waals surface area contributed by atoms with E-state index in [0.29, 0.717) is 13.2 Å². The number of ether oxygens (including phenoxy) is 1. The largest absolute Gasteiger partial charge is 0.374 e. The molecule has 0 aliphatic carbocycles. The number of aromatic amines is 1. The summed E-state index contributed by atoms with van der Waals surface area (Å²) in [5.41, 5.74) is 3.35. The maximum Gasteiger partial charge on any atom is 0.191 e. The fraction of sp³-hybridized carbons (Fsp3) is 0.318. The highest BCUT2D eigenvalue weighted by Crippen LogP contribution is 2.16. The lowest BCUT2D eigenvalue weighted by Crippen LogP contribution is -2.37. The number of H-pyrrole nitrogens is 1. The molecule has 3 rings (SSSR count). The number of hydrogen-bond donors (Lipinski definition) is 3. The van der Waals surface area contributed by atoms with Crippen molar-refractivity contribution in [2.45, 2.75) is 26.0 Å². The quantitative estimate of drug-likeness (QED) is 0.172. The van der Waals surface area contributed by atoms with Gasteiger partial charge in [-0.05, 0) is 30.5 Å². The van der Waals surface area contributed by atoms with Crippen molar-refractivity contribution in [1.29, 1.82) is 0 Å². The second-order valence-electron chi connectivity index (χ2n) is 6.66. The van der Waals surface area contributed by atoms with Crippen LogP contribution in [0.25, 0.3) is 11.4 Å². The number of aromatic nitrogens is 3. The Morgan fingerprint density at radius 1 is 1.13 bits per heavy atom. The highest BCUT2D eigenvalue weighted by Gasteiger charge is 2.05. The van der Waals surface area contributed by atoms with Gasteiger partial charge in [-0.3, -0.25) is 10.1 Å². The Hall–Kier alpha value is -2.46. The van der Waals surface area contributed by atoms with E-state index >= 15 is 0 Å². The number of hydrogen-bond acceptors (Lipinski definition) is 4. The Morgan fingerprint density at radius 3 is 2.70 bits per heavy atom. The number of rotatable bonds is 9. The third kappa shape index (κ3) is 7.42. The molecule has 0 bridgehead atoms. The number of benzene rings is 2. The average molecular weight is 520 g/mol. The van der Waals surface area contributed by atoms with Gasteiger partial charge in [0, 0.05) is 32.3 Å². The SMILES string of the molecule is CN=C(NCCCOC(C)c1ccccc1)NCc1cccc(-c2ncn[nH]2)c1.I. The number of guanidine groups is 1. The van der Waals surface area contributed by atoms with Crippen LogP contribution in [0.2, 0.25) is 0 Å². The number of halogens is 1. The van der Waals surface area contributed by atoms with E-state index < -0.39 is 0 Å². The van der Waals surface area contributed by atoms with E-state index in [0.717, 1.165) is 35.9 Å². The van der Waals surface area contributed by atoms with Crippen molar-refractivity contribution in [1.82, 2.24) is 25.8 Å². The molecule has 0 radical (unpaired) electrons. The topological polar surface area (TPSA) is 87.2 Å². The molecule has 30 heavy (non-hydrogen) atoms. The predicted molar refractivity (Wildman–Crippen MR) is 131 cm³/mol. The molecule has 1 aromatic heterocycles. The molecule has 0 aliphatic heterocycles. The van der Waals surface area contributed by atoms with Crippen molar-refractivity contribution < 1.29 is 4.74 Å². The highest BCUT2D eigenvalue weighted by molar-refractivity contribution is 14.0. The van der Waals surface area contributed by atoms with E-state index in [1.807, 2.05) is 30.3 Å². The number of aliphatic imine (C=N–C) groups is 1. The third-order valence-corrected chi connectivity index (χ3v) is 4.55. The normalized spacial score (nSPS) is 12.1. The van der Waals surface area contributed by atoms with Gasteiger partial charge in [-0.25, -0.2) is 4.98 Å². The van der Waals surface area contributed by atoms with Gasteiger partial charge in [-0.15, -0.1) is 24.0 Å². The first-order chi connectivity index (χ1) is 14.3. The van der Waals surface area contributed by atoms with Crippen molar-refractivity contribution in [2.24, 2.45) is 4.99 Å². The van der Waals surface area contributed by atoms with Crippen molar-refractivity contribution in [3.8, 4) is 11.4 Å². The molecule has 3 N–H and O–H groups in total. The summed E-state index contributed by atoms with van der Waals surface area (Å²) in [7, 11) is 1.77. The molecule has 1 atom stereocenters. The van der Waals surface area contributed by atoms with Crippen LogP contribution in [-0.2, 0) is 11.3 Å². The molecule has 0 amide bonds. The zero-order valence-electron chi connectivity index (χ0n) is 17.3. The molecule has 8 heteroatoms. The zero-order valence-corrected chi connectivity index (χ0v) is 19.7. The van der Waals surface area contributed by atoms with Crippen LogP contribution in [0.1, 0.15) is 30.6 Å². The van der Waals surface area contributed by atoms with Crippen LogP contribution < -0.4 is 10.6 Å². The number of nitrogens with one attached hydrogen (secondary N) is 3. The maximum atomic E-state index is 5.91. The lowest BCUT2D eigenvalue weighted by Gasteiger charge is -2.15. The van der Waals surface area contributed by atoms with E-state index in [4.69, 9.17) is 4.74 Å². The molecule has 0 saturated heterocycles. The van der Waals surface area contributed by atoms with Crippen molar-refractivity contribution in [2.75, 3.05) is 20.2 Å². The van der Waals surface area contributed by atoms with Crippen LogP contribution in [0.15, 0.2) is 65.9 Å².